The maximum Gasteiger partial charge on any atom is 0.213 e. The highest BCUT2D eigenvalue weighted by atomic mass is 16.5. The van der Waals surface area contributed by atoms with Crippen molar-refractivity contribution in [2.45, 2.75) is 6.92 Å². The Hall–Kier alpha value is -1.51. The molecule has 0 unspecified atom stereocenters. The van der Waals surface area contributed by atoms with E-state index in [-0.39, 0.29) is 0 Å². The third-order valence-corrected chi connectivity index (χ3v) is 1.49. The quantitative estimate of drug-likeness (QED) is 0.663. The summed E-state index contributed by atoms with van der Waals surface area (Å²) in [6.45, 7) is 2.62. The number of hydrogen-bond donors (Lipinski definition) is 0. The van der Waals surface area contributed by atoms with Crippen molar-refractivity contribution in [2.75, 3.05) is 13.7 Å². The molecule has 0 N–H and O–H groups in total. The molecule has 1 aromatic heterocycles. The Morgan fingerprint density at radius 1 is 1.54 bits per heavy atom. The molecule has 0 amide bonds. The van der Waals surface area contributed by atoms with Crippen molar-refractivity contribution < 1.29 is 9.47 Å². The van der Waals surface area contributed by atoms with Gasteiger partial charge in [-0.25, -0.2) is 4.98 Å². The molecule has 0 aliphatic heterocycles. The Labute approximate surface area is 78.0 Å². The van der Waals surface area contributed by atoms with Crippen molar-refractivity contribution in [1.29, 1.82) is 0 Å². The first-order chi connectivity index (χ1) is 6.36. The van der Waals surface area contributed by atoms with Gasteiger partial charge >= 0.3 is 0 Å². The fraction of sp³-hybridized carbons (Fsp3) is 0.300. The third kappa shape index (κ3) is 3.15. The SMILES string of the molecule is CCO/C=C/c1ccnc(OC)c1. The molecular formula is C10H13NO2. The fourth-order valence-electron chi connectivity index (χ4n) is 0.863. The van der Waals surface area contributed by atoms with Gasteiger partial charge in [0.05, 0.1) is 20.0 Å². The van der Waals surface area contributed by atoms with Gasteiger partial charge in [-0.1, -0.05) is 0 Å². The van der Waals surface area contributed by atoms with Gasteiger partial charge in [0, 0.05) is 12.3 Å². The van der Waals surface area contributed by atoms with Crippen LogP contribution in [0.4, 0.5) is 0 Å². The fourth-order valence-corrected chi connectivity index (χ4v) is 0.863. The van der Waals surface area contributed by atoms with Crippen molar-refractivity contribution >= 4 is 6.08 Å². The molecule has 3 heteroatoms. The summed E-state index contributed by atoms with van der Waals surface area (Å²) >= 11 is 0. The summed E-state index contributed by atoms with van der Waals surface area (Å²) in [6.07, 6.45) is 5.23. The number of methoxy groups -OCH3 is 1. The normalized spacial score (nSPS) is 10.3. The van der Waals surface area contributed by atoms with Crippen molar-refractivity contribution in [3.8, 4) is 5.88 Å². The van der Waals surface area contributed by atoms with Gasteiger partial charge in [0.2, 0.25) is 5.88 Å². The number of nitrogens with zero attached hydrogens (tertiary/aromatic N) is 1. The topological polar surface area (TPSA) is 31.4 Å². The van der Waals surface area contributed by atoms with Crippen LogP contribution in [0.5, 0.6) is 5.88 Å². The van der Waals surface area contributed by atoms with Crippen LogP contribution in [0.1, 0.15) is 12.5 Å². The van der Waals surface area contributed by atoms with E-state index in [1.165, 1.54) is 0 Å². The van der Waals surface area contributed by atoms with Crippen molar-refractivity contribution in [3.05, 3.63) is 30.2 Å². The lowest BCUT2D eigenvalue weighted by molar-refractivity contribution is 0.272. The minimum absolute atomic E-state index is 0.610. The van der Waals surface area contributed by atoms with Gasteiger partial charge in [0.1, 0.15) is 0 Å². The van der Waals surface area contributed by atoms with Crippen LogP contribution in [-0.2, 0) is 4.74 Å². The van der Waals surface area contributed by atoms with Crippen LogP contribution in [0.25, 0.3) is 6.08 Å². The van der Waals surface area contributed by atoms with E-state index in [0.29, 0.717) is 12.5 Å². The third-order valence-electron chi connectivity index (χ3n) is 1.49. The molecule has 0 spiro atoms. The van der Waals surface area contributed by atoms with Gasteiger partial charge in [-0.15, -0.1) is 0 Å². The van der Waals surface area contributed by atoms with Crippen LogP contribution in [-0.4, -0.2) is 18.7 Å². The summed E-state index contributed by atoms with van der Waals surface area (Å²) in [5.74, 6) is 0.610. The Morgan fingerprint density at radius 3 is 3.08 bits per heavy atom. The van der Waals surface area contributed by atoms with E-state index < -0.39 is 0 Å². The first-order valence-electron chi connectivity index (χ1n) is 4.15. The zero-order chi connectivity index (χ0) is 9.52. The Kier molecular flexibility index (Phi) is 3.82. The van der Waals surface area contributed by atoms with E-state index in [4.69, 9.17) is 9.47 Å². The van der Waals surface area contributed by atoms with Crippen LogP contribution >= 0.6 is 0 Å². The van der Waals surface area contributed by atoms with E-state index in [9.17, 15) is 0 Å². The summed E-state index contributed by atoms with van der Waals surface area (Å²) in [6, 6.07) is 3.73. The average Bonchev–Trinajstić information content (AvgIpc) is 2.19. The lowest BCUT2D eigenvalue weighted by atomic mass is 10.3. The minimum atomic E-state index is 0.610. The highest BCUT2D eigenvalue weighted by Crippen LogP contribution is 2.09. The zero-order valence-corrected chi connectivity index (χ0v) is 7.86. The zero-order valence-electron chi connectivity index (χ0n) is 7.86. The number of aromatic nitrogens is 1. The molecule has 1 heterocycles. The predicted octanol–water partition coefficient (Wildman–Crippen LogP) is 2.10. The monoisotopic (exact) mass is 179 g/mol. The highest BCUT2D eigenvalue weighted by molar-refractivity contribution is 5.48. The summed E-state index contributed by atoms with van der Waals surface area (Å²) < 4.78 is 10.0. The number of hydrogen-bond acceptors (Lipinski definition) is 3. The molecule has 0 aliphatic rings. The standard InChI is InChI=1S/C10H13NO2/c1-3-13-7-5-9-4-6-11-10(8-9)12-2/h4-8H,3H2,1-2H3/b7-5+. The smallest absolute Gasteiger partial charge is 0.213 e. The molecule has 0 atom stereocenters. The first kappa shape index (κ1) is 9.58. The molecule has 0 saturated heterocycles. The highest BCUT2D eigenvalue weighted by Gasteiger charge is 1.91. The lowest BCUT2D eigenvalue weighted by Gasteiger charge is -1.98. The second-order valence-electron chi connectivity index (χ2n) is 2.39. The van der Waals surface area contributed by atoms with Crippen molar-refractivity contribution in [1.82, 2.24) is 4.98 Å². The molecule has 13 heavy (non-hydrogen) atoms. The Bertz CT molecular complexity index is 284. The number of ether oxygens (including phenoxy) is 2. The van der Waals surface area contributed by atoms with Crippen LogP contribution < -0.4 is 4.74 Å². The van der Waals surface area contributed by atoms with E-state index in [2.05, 4.69) is 4.98 Å². The van der Waals surface area contributed by atoms with E-state index in [1.807, 2.05) is 25.1 Å². The molecule has 3 nitrogen and oxygen atoms in total. The lowest BCUT2D eigenvalue weighted by Crippen LogP contribution is -1.86. The van der Waals surface area contributed by atoms with Gasteiger partial charge in [-0.2, -0.15) is 0 Å². The molecular weight excluding hydrogens is 166 g/mol. The molecule has 0 fully saturated rings. The number of pyridine rings is 1. The number of rotatable bonds is 4. The largest absolute Gasteiger partial charge is 0.501 e. The first-order valence-corrected chi connectivity index (χ1v) is 4.15. The van der Waals surface area contributed by atoms with Gasteiger partial charge in [-0.3, -0.25) is 0 Å². The van der Waals surface area contributed by atoms with Gasteiger partial charge < -0.3 is 9.47 Å². The second-order valence-corrected chi connectivity index (χ2v) is 2.39. The Balaban J connectivity index is 2.66. The van der Waals surface area contributed by atoms with Crippen molar-refractivity contribution in [2.24, 2.45) is 0 Å². The summed E-state index contributed by atoms with van der Waals surface area (Å²) in [4.78, 5) is 3.99. The summed E-state index contributed by atoms with van der Waals surface area (Å²) in [5.41, 5.74) is 1.01. The van der Waals surface area contributed by atoms with E-state index in [0.717, 1.165) is 5.56 Å². The predicted molar refractivity (Wildman–Crippen MR) is 51.4 cm³/mol. The second kappa shape index (κ2) is 5.19. The molecule has 0 radical (unpaired) electrons. The molecule has 0 saturated carbocycles. The van der Waals surface area contributed by atoms with Crippen LogP contribution in [0.15, 0.2) is 24.6 Å². The molecule has 0 aromatic carbocycles. The van der Waals surface area contributed by atoms with Gasteiger partial charge in [0.15, 0.2) is 0 Å². The van der Waals surface area contributed by atoms with Crippen molar-refractivity contribution in [3.63, 3.8) is 0 Å². The molecule has 1 rings (SSSR count). The molecule has 1 aromatic rings. The Morgan fingerprint density at radius 2 is 2.38 bits per heavy atom. The van der Waals surface area contributed by atoms with Crippen LogP contribution in [0.2, 0.25) is 0 Å². The maximum atomic E-state index is 5.07. The maximum absolute atomic E-state index is 5.07. The van der Waals surface area contributed by atoms with Gasteiger partial charge in [0.25, 0.3) is 0 Å². The van der Waals surface area contributed by atoms with Crippen LogP contribution in [0, 0.1) is 0 Å². The molecule has 70 valence electrons. The molecule has 0 aliphatic carbocycles. The average molecular weight is 179 g/mol. The summed E-state index contributed by atoms with van der Waals surface area (Å²) in [7, 11) is 1.60. The minimum Gasteiger partial charge on any atom is -0.501 e. The molecule has 0 bridgehead atoms. The van der Waals surface area contributed by atoms with E-state index >= 15 is 0 Å². The van der Waals surface area contributed by atoms with E-state index in [1.54, 1.807) is 19.6 Å². The van der Waals surface area contributed by atoms with Crippen LogP contribution in [0.3, 0.4) is 0 Å². The van der Waals surface area contributed by atoms with Gasteiger partial charge in [-0.05, 0) is 24.6 Å². The summed E-state index contributed by atoms with van der Waals surface area (Å²) in [5, 5.41) is 0.